The van der Waals surface area contributed by atoms with Gasteiger partial charge in [-0.15, -0.1) is 0 Å². The van der Waals surface area contributed by atoms with E-state index in [1.54, 1.807) is 35.4 Å². The summed E-state index contributed by atoms with van der Waals surface area (Å²) in [7, 11) is 3.55. The lowest BCUT2D eigenvalue weighted by molar-refractivity contribution is 0.0885. The fourth-order valence-corrected chi connectivity index (χ4v) is 4.16. The summed E-state index contributed by atoms with van der Waals surface area (Å²) in [5.41, 5.74) is 1.62. The molecule has 0 spiro atoms. The number of amidine groups is 1. The van der Waals surface area contributed by atoms with Crippen molar-refractivity contribution in [3.8, 4) is 11.5 Å². The third-order valence-electron chi connectivity index (χ3n) is 6.00. The quantitative estimate of drug-likeness (QED) is 0.355. The van der Waals surface area contributed by atoms with Crippen LogP contribution in [0.1, 0.15) is 37.8 Å². The van der Waals surface area contributed by atoms with Crippen LogP contribution in [0, 0.1) is 12.7 Å². The van der Waals surface area contributed by atoms with Crippen molar-refractivity contribution in [3.63, 3.8) is 0 Å². The van der Waals surface area contributed by atoms with Crippen LogP contribution in [-0.4, -0.2) is 61.6 Å². The first-order chi connectivity index (χ1) is 17.2. The lowest BCUT2D eigenvalue weighted by Gasteiger charge is -2.37. The van der Waals surface area contributed by atoms with Gasteiger partial charge in [0, 0.05) is 37.4 Å². The lowest BCUT2D eigenvalue weighted by Crippen LogP contribution is -2.53. The lowest BCUT2D eigenvalue weighted by atomic mass is 10.1. The van der Waals surface area contributed by atoms with E-state index in [-0.39, 0.29) is 22.5 Å². The molecule has 1 atom stereocenters. The molecule has 1 saturated heterocycles. The molecule has 1 heterocycles. The van der Waals surface area contributed by atoms with Gasteiger partial charge in [-0.25, -0.2) is 14.2 Å². The Hall–Kier alpha value is -3.10. The van der Waals surface area contributed by atoms with Crippen LogP contribution >= 0.6 is 11.6 Å². The van der Waals surface area contributed by atoms with Crippen molar-refractivity contribution in [3.05, 3.63) is 64.6 Å². The first-order valence-corrected chi connectivity index (χ1v) is 12.4. The summed E-state index contributed by atoms with van der Waals surface area (Å²) in [6.07, 6.45) is 5.00. The average molecular weight is 517 g/mol. The van der Waals surface area contributed by atoms with Gasteiger partial charge in [-0.05, 0) is 57.1 Å². The minimum absolute atomic E-state index is 0.00300. The van der Waals surface area contributed by atoms with Crippen molar-refractivity contribution in [2.75, 3.05) is 39.1 Å². The number of ether oxygens (including phenoxy) is 2. The largest absolute Gasteiger partial charge is 0.493 e. The molecule has 0 radical (unpaired) electrons. The highest BCUT2D eigenvalue weighted by molar-refractivity contribution is 6.31. The maximum atomic E-state index is 14.7. The summed E-state index contributed by atoms with van der Waals surface area (Å²) in [6.45, 7) is 8.05. The zero-order valence-corrected chi connectivity index (χ0v) is 22.2. The number of unbranched alkanes of at least 4 members (excludes halogenated alkanes) is 1. The van der Waals surface area contributed by atoms with Crippen LogP contribution in [0.3, 0.4) is 0 Å². The van der Waals surface area contributed by atoms with E-state index >= 15 is 0 Å². The number of anilines is 1. The molecule has 3 rings (SSSR count). The number of rotatable bonds is 7. The molecule has 1 N–H and O–H groups in total. The zero-order chi connectivity index (χ0) is 26.2. The Morgan fingerprint density at radius 3 is 2.78 bits per heavy atom. The van der Waals surface area contributed by atoms with Crippen LogP contribution < -0.4 is 14.8 Å². The molecule has 0 bridgehead atoms. The van der Waals surface area contributed by atoms with Crippen LogP contribution in [0.4, 0.5) is 14.9 Å². The molecule has 1 aliphatic rings. The Morgan fingerprint density at radius 1 is 1.31 bits per heavy atom. The molecule has 194 valence electrons. The second-order valence-corrected chi connectivity index (χ2v) is 9.28. The number of carbonyl (C=O) groups is 1. The molecular formula is C27H34ClFN4O3. The average Bonchev–Trinajstić information content (AvgIpc) is 2.84. The highest BCUT2D eigenvalue weighted by Crippen LogP contribution is 2.32. The third kappa shape index (κ3) is 6.77. The van der Waals surface area contributed by atoms with Gasteiger partial charge >= 0.3 is 6.09 Å². The number of halogens is 2. The van der Waals surface area contributed by atoms with Gasteiger partial charge in [0.25, 0.3) is 0 Å². The second-order valence-electron chi connectivity index (χ2n) is 8.87. The van der Waals surface area contributed by atoms with E-state index in [1.165, 1.54) is 13.2 Å². The van der Waals surface area contributed by atoms with E-state index in [1.807, 2.05) is 27.0 Å². The summed E-state index contributed by atoms with van der Waals surface area (Å²) in [4.78, 5) is 21.5. The van der Waals surface area contributed by atoms with Crippen molar-refractivity contribution >= 4 is 29.2 Å². The third-order valence-corrected chi connectivity index (χ3v) is 6.29. The highest BCUT2D eigenvalue weighted by atomic mass is 35.5. The van der Waals surface area contributed by atoms with Crippen molar-refractivity contribution in [2.45, 2.75) is 39.7 Å². The molecule has 1 unspecified atom stereocenters. The van der Waals surface area contributed by atoms with E-state index in [9.17, 15) is 9.18 Å². The number of piperazine rings is 1. The van der Waals surface area contributed by atoms with Gasteiger partial charge in [-0.2, -0.15) is 0 Å². The number of carbonyl (C=O) groups excluding carboxylic acids is 1. The van der Waals surface area contributed by atoms with E-state index in [2.05, 4.69) is 22.1 Å². The molecule has 9 heteroatoms. The molecule has 7 nitrogen and oxygen atoms in total. The number of hydrogen-bond acceptors (Lipinski definition) is 5. The van der Waals surface area contributed by atoms with Crippen LogP contribution in [0.15, 0.2) is 47.6 Å². The summed E-state index contributed by atoms with van der Waals surface area (Å²) in [5.74, 6) is 0.481. The number of nitrogens with zero attached hydrogens (tertiary/aromatic N) is 3. The maximum absolute atomic E-state index is 14.7. The minimum atomic E-state index is -0.578. The Balaban J connectivity index is 1.98. The van der Waals surface area contributed by atoms with Crippen LogP contribution in [-0.2, 0) is 0 Å². The summed E-state index contributed by atoms with van der Waals surface area (Å²) in [5, 5.41) is 3.06. The summed E-state index contributed by atoms with van der Waals surface area (Å²) < 4.78 is 26.0. The Kier molecular flexibility index (Phi) is 9.73. The molecule has 0 aliphatic carbocycles. The number of amides is 1. The number of allylic oxidation sites excluding steroid dienone is 1. The number of nitrogens with one attached hydrogen (secondary N) is 1. The van der Waals surface area contributed by atoms with Crippen molar-refractivity contribution in [2.24, 2.45) is 4.99 Å². The molecule has 0 saturated carbocycles. The van der Waals surface area contributed by atoms with Gasteiger partial charge in [0.05, 0.1) is 17.8 Å². The molecular weight excluding hydrogens is 483 g/mol. The molecule has 2 aromatic carbocycles. The van der Waals surface area contributed by atoms with Gasteiger partial charge in [-0.1, -0.05) is 37.1 Å². The van der Waals surface area contributed by atoms with Gasteiger partial charge in [0.1, 0.15) is 5.84 Å². The standard InChI is InChI=1S/C27H34ClFN4O3/c1-6-7-8-12-30-26(31-22-11-9-10-21(28)25(22)29)20-16-24(23(35-5)15-18(20)2)36-27(34)33-14-13-32(4)17-19(33)3/h8-12,15-16,19H,6-7,13-14,17H2,1-5H3,(H,30,31)/b12-8+. The summed E-state index contributed by atoms with van der Waals surface area (Å²) >= 11 is 5.99. The maximum Gasteiger partial charge on any atom is 0.415 e. The number of likely N-dealkylation sites (N-methyl/N-ethyl adjacent to an activating group) is 1. The normalized spacial score (nSPS) is 16.9. The molecule has 0 aromatic heterocycles. The highest BCUT2D eigenvalue weighted by Gasteiger charge is 2.28. The van der Waals surface area contributed by atoms with E-state index in [0.717, 1.165) is 31.5 Å². The SMILES string of the molecule is CCC/C=C/N=C(Nc1cccc(Cl)c1F)c1cc(OC(=O)N2CCN(C)CC2C)c(OC)cc1C. The monoisotopic (exact) mass is 516 g/mol. The minimum Gasteiger partial charge on any atom is -0.493 e. The molecule has 1 fully saturated rings. The topological polar surface area (TPSA) is 66.4 Å². The zero-order valence-electron chi connectivity index (χ0n) is 21.5. The molecule has 2 aromatic rings. The number of aliphatic imine (C=N–C) groups is 1. The fraction of sp³-hybridized carbons (Fsp3) is 0.407. The van der Waals surface area contributed by atoms with Crippen molar-refractivity contribution < 1.29 is 18.7 Å². The van der Waals surface area contributed by atoms with Crippen LogP contribution in [0.2, 0.25) is 5.02 Å². The fourth-order valence-electron chi connectivity index (χ4n) is 3.99. The number of benzene rings is 2. The van der Waals surface area contributed by atoms with Crippen LogP contribution in [0.5, 0.6) is 11.5 Å². The van der Waals surface area contributed by atoms with Crippen molar-refractivity contribution in [1.29, 1.82) is 0 Å². The molecule has 1 aliphatic heterocycles. The first kappa shape index (κ1) is 27.5. The van der Waals surface area contributed by atoms with E-state index in [0.29, 0.717) is 23.7 Å². The smallest absolute Gasteiger partial charge is 0.415 e. The van der Waals surface area contributed by atoms with Gasteiger partial charge in [0.15, 0.2) is 17.3 Å². The molecule has 1 amide bonds. The number of methoxy groups -OCH3 is 1. The van der Waals surface area contributed by atoms with E-state index in [4.69, 9.17) is 21.1 Å². The van der Waals surface area contributed by atoms with Gasteiger partial charge < -0.3 is 24.6 Å². The summed E-state index contributed by atoms with van der Waals surface area (Å²) in [6, 6.07) is 8.20. The molecule has 36 heavy (non-hydrogen) atoms. The number of aryl methyl sites for hydroxylation is 1. The Labute approximate surface area is 217 Å². The predicted octanol–water partition coefficient (Wildman–Crippen LogP) is 6.10. The second kappa shape index (κ2) is 12.7. The van der Waals surface area contributed by atoms with Crippen LogP contribution in [0.25, 0.3) is 0 Å². The van der Waals surface area contributed by atoms with Crippen molar-refractivity contribution in [1.82, 2.24) is 9.80 Å². The Bertz CT molecular complexity index is 1140. The van der Waals surface area contributed by atoms with Gasteiger partial charge in [0.2, 0.25) is 0 Å². The Morgan fingerprint density at radius 2 is 2.08 bits per heavy atom. The predicted molar refractivity (Wildman–Crippen MR) is 143 cm³/mol. The van der Waals surface area contributed by atoms with Gasteiger partial charge in [-0.3, -0.25) is 0 Å². The van der Waals surface area contributed by atoms with E-state index < -0.39 is 11.9 Å². The first-order valence-electron chi connectivity index (χ1n) is 12.0. The number of hydrogen-bond donors (Lipinski definition) is 1.